The maximum atomic E-state index is 9.85. The second-order valence-corrected chi connectivity index (χ2v) is 5.88. The van der Waals surface area contributed by atoms with E-state index < -0.39 is 6.10 Å². The Morgan fingerprint density at radius 3 is 2.95 bits per heavy atom. The summed E-state index contributed by atoms with van der Waals surface area (Å²) in [4.78, 5) is 0. The van der Waals surface area contributed by atoms with Crippen molar-refractivity contribution < 1.29 is 9.84 Å². The molecule has 3 nitrogen and oxygen atoms in total. The molecule has 0 amide bonds. The van der Waals surface area contributed by atoms with Crippen LogP contribution in [0.25, 0.3) is 0 Å². The standard InChI is InChI=1S/C17H24ClNO2/c18-17-8-4-3-7-15(17)12-21-13-16(20)11-19-10-9-14-5-1-2-6-14/h3-5,7-8,16,19-20H,1-2,6,9-13H2. The molecule has 1 unspecified atom stereocenters. The maximum Gasteiger partial charge on any atom is 0.0897 e. The van der Waals surface area contributed by atoms with Gasteiger partial charge in [-0.1, -0.05) is 41.4 Å². The number of hydrogen-bond donors (Lipinski definition) is 2. The molecule has 2 N–H and O–H groups in total. The molecule has 0 bridgehead atoms. The van der Waals surface area contributed by atoms with Gasteiger partial charge in [-0.2, -0.15) is 0 Å². The van der Waals surface area contributed by atoms with E-state index in [1.54, 1.807) is 5.57 Å². The van der Waals surface area contributed by atoms with Crippen LogP contribution in [0.4, 0.5) is 0 Å². The molecule has 1 aliphatic carbocycles. The summed E-state index contributed by atoms with van der Waals surface area (Å²) in [6.45, 7) is 2.24. The van der Waals surface area contributed by atoms with Gasteiger partial charge in [-0.3, -0.25) is 0 Å². The maximum absolute atomic E-state index is 9.85. The summed E-state index contributed by atoms with van der Waals surface area (Å²) < 4.78 is 5.51. The highest BCUT2D eigenvalue weighted by Gasteiger charge is 2.07. The first kappa shape index (κ1) is 16.5. The summed E-state index contributed by atoms with van der Waals surface area (Å²) in [5, 5.41) is 13.8. The second kappa shape index (κ2) is 9.21. The molecule has 0 heterocycles. The molecule has 0 aliphatic heterocycles. The van der Waals surface area contributed by atoms with E-state index >= 15 is 0 Å². The molecule has 0 radical (unpaired) electrons. The van der Waals surface area contributed by atoms with Crippen molar-refractivity contribution in [1.29, 1.82) is 0 Å². The molecule has 0 aromatic heterocycles. The van der Waals surface area contributed by atoms with Crippen LogP contribution in [0, 0.1) is 0 Å². The Bertz CT molecular complexity index is 462. The van der Waals surface area contributed by atoms with Crippen molar-refractivity contribution in [3.05, 3.63) is 46.5 Å². The van der Waals surface area contributed by atoms with Gasteiger partial charge in [-0.15, -0.1) is 0 Å². The largest absolute Gasteiger partial charge is 0.389 e. The Labute approximate surface area is 132 Å². The third-order valence-electron chi connectivity index (χ3n) is 3.66. The third-order valence-corrected chi connectivity index (χ3v) is 4.03. The van der Waals surface area contributed by atoms with E-state index in [4.69, 9.17) is 16.3 Å². The minimum Gasteiger partial charge on any atom is -0.389 e. The lowest BCUT2D eigenvalue weighted by Crippen LogP contribution is -2.31. The van der Waals surface area contributed by atoms with Crippen molar-refractivity contribution in [2.75, 3.05) is 19.7 Å². The molecule has 1 aliphatic rings. The topological polar surface area (TPSA) is 41.5 Å². The molecule has 1 aromatic rings. The van der Waals surface area contributed by atoms with E-state index in [9.17, 15) is 5.11 Å². The fourth-order valence-corrected chi connectivity index (χ4v) is 2.65. The minimum absolute atomic E-state index is 0.320. The molecular weight excluding hydrogens is 286 g/mol. The fourth-order valence-electron chi connectivity index (χ4n) is 2.46. The molecule has 0 fully saturated rings. The summed E-state index contributed by atoms with van der Waals surface area (Å²) in [5.41, 5.74) is 2.50. The summed E-state index contributed by atoms with van der Waals surface area (Å²) in [6, 6.07) is 7.60. The summed E-state index contributed by atoms with van der Waals surface area (Å²) >= 11 is 6.04. The number of allylic oxidation sites excluding steroid dienone is 1. The van der Waals surface area contributed by atoms with Crippen LogP contribution in [0.15, 0.2) is 35.9 Å². The first-order valence-electron chi connectivity index (χ1n) is 7.63. The zero-order valence-electron chi connectivity index (χ0n) is 12.4. The molecule has 0 saturated heterocycles. The average Bonchev–Trinajstić information content (AvgIpc) is 2.99. The van der Waals surface area contributed by atoms with Gasteiger partial charge in [-0.05, 0) is 43.9 Å². The number of benzene rings is 1. The lowest BCUT2D eigenvalue weighted by Gasteiger charge is -2.13. The molecule has 21 heavy (non-hydrogen) atoms. The van der Waals surface area contributed by atoms with Gasteiger partial charge in [0.15, 0.2) is 0 Å². The predicted octanol–water partition coefficient (Wildman–Crippen LogP) is 3.31. The molecule has 4 heteroatoms. The number of nitrogens with one attached hydrogen (secondary N) is 1. The minimum atomic E-state index is -0.481. The highest BCUT2D eigenvalue weighted by atomic mass is 35.5. The Hall–Kier alpha value is -0.870. The summed E-state index contributed by atoms with van der Waals surface area (Å²) in [7, 11) is 0. The quantitative estimate of drug-likeness (QED) is 0.543. The Balaban J connectivity index is 1.53. The van der Waals surface area contributed by atoms with E-state index in [1.165, 1.54) is 19.3 Å². The number of aliphatic hydroxyl groups is 1. The van der Waals surface area contributed by atoms with E-state index in [0.717, 1.165) is 18.5 Å². The highest BCUT2D eigenvalue weighted by Crippen LogP contribution is 2.19. The molecule has 1 aromatic carbocycles. The smallest absolute Gasteiger partial charge is 0.0897 e. The van der Waals surface area contributed by atoms with E-state index in [-0.39, 0.29) is 0 Å². The van der Waals surface area contributed by atoms with E-state index in [2.05, 4.69) is 11.4 Å². The van der Waals surface area contributed by atoms with E-state index in [0.29, 0.717) is 24.8 Å². The van der Waals surface area contributed by atoms with Gasteiger partial charge in [0.1, 0.15) is 0 Å². The van der Waals surface area contributed by atoms with Gasteiger partial charge in [0, 0.05) is 11.6 Å². The number of halogens is 1. The zero-order valence-corrected chi connectivity index (χ0v) is 13.1. The van der Waals surface area contributed by atoms with Crippen molar-refractivity contribution in [2.45, 2.75) is 38.4 Å². The van der Waals surface area contributed by atoms with Crippen LogP contribution in [0.5, 0.6) is 0 Å². The van der Waals surface area contributed by atoms with Crippen LogP contribution in [0.2, 0.25) is 5.02 Å². The van der Waals surface area contributed by atoms with Crippen LogP contribution >= 0.6 is 11.6 Å². The zero-order chi connectivity index (χ0) is 14.9. The average molecular weight is 310 g/mol. The normalized spacial score (nSPS) is 16.0. The Morgan fingerprint density at radius 1 is 1.33 bits per heavy atom. The van der Waals surface area contributed by atoms with Crippen LogP contribution in [0.1, 0.15) is 31.2 Å². The molecule has 0 spiro atoms. The van der Waals surface area contributed by atoms with Crippen molar-refractivity contribution in [3.8, 4) is 0 Å². The summed E-state index contributed by atoms with van der Waals surface area (Å²) in [6.07, 6.45) is 6.72. The monoisotopic (exact) mass is 309 g/mol. The van der Waals surface area contributed by atoms with Crippen LogP contribution in [-0.4, -0.2) is 30.9 Å². The number of rotatable bonds is 9. The van der Waals surface area contributed by atoms with Gasteiger partial charge in [0.05, 0.1) is 19.3 Å². The van der Waals surface area contributed by atoms with Gasteiger partial charge in [-0.25, -0.2) is 0 Å². The SMILES string of the molecule is OC(CNCCC1=CCCC1)COCc1ccccc1Cl. The van der Waals surface area contributed by atoms with Crippen molar-refractivity contribution in [1.82, 2.24) is 5.32 Å². The Morgan fingerprint density at radius 2 is 2.19 bits per heavy atom. The Kier molecular flexibility index (Phi) is 7.24. The van der Waals surface area contributed by atoms with Crippen molar-refractivity contribution >= 4 is 11.6 Å². The second-order valence-electron chi connectivity index (χ2n) is 5.47. The number of ether oxygens (including phenoxy) is 1. The third kappa shape index (κ3) is 6.18. The molecular formula is C17H24ClNO2. The fraction of sp³-hybridized carbons (Fsp3) is 0.529. The summed E-state index contributed by atoms with van der Waals surface area (Å²) in [5.74, 6) is 0. The highest BCUT2D eigenvalue weighted by molar-refractivity contribution is 6.31. The molecule has 0 saturated carbocycles. The van der Waals surface area contributed by atoms with Crippen LogP contribution in [0.3, 0.4) is 0 Å². The van der Waals surface area contributed by atoms with Crippen molar-refractivity contribution in [2.24, 2.45) is 0 Å². The van der Waals surface area contributed by atoms with E-state index in [1.807, 2.05) is 24.3 Å². The number of aliphatic hydroxyl groups excluding tert-OH is 1. The van der Waals surface area contributed by atoms with Crippen LogP contribution < -0.4 is 5.32 Å². The molecule has 2 rings (SSSR count). The predicted molar refractivity (Wildman–Crippen MR) is 86.5 cm³/mol. The molecule has 1 atom stereocenters. The van der Waals surface area contributed by atoms with Gasteiger partial charge < -0.3 is 15.2 Å². The lowest BCUT2D eigenvalue weighted by atomic mass is 10.2. The van der Waals surface area contributed by atoms with Crippen molar-refractivity contribution in [3.63, 3.8) is 0 Å². The number of hydrogen-bond acceptors (Lipinski definition) is 3. The first-order chi connectivity index (χ1) is 10.3. The first-order valence-corrected chi connectivity index (χ1v) is 8.01. The van der Waals surface area contributed by atoms with Gasteiger partial charge >= 0.3 is 0 Å². The van der Waals surface area contributed by atoms with Crippen LogP contribution in [-0.2, 0) is 11.3 Å². The lowest BCUT2D eigenvalue weighted by molar-refractivity contribution is 0.0290. The van der Waals surface area contributed by atoms with Gasteiger partial charge in [0.2, 0.25) is 0 Å². The van der Waals surface area contributed by atoms with Gasteiger partial charge in [0.25, 0.3) is 0 Å². The molecule has 116 valence electrons.